The number of hydrogen-bond acceptors (Lipinski definition) is 3. The van der Waals surface area contributed by atoms with E-state index < -0.39 is 0 Å². The Balaban J connectivity index is 2.44. The highest BCUT2D eigenvalue weighted by atomic mass is 16.5. The molecule has 0 saturated carbocycles. The van der Waals surface area contributed by atoms with Crippen molar-refractivity contribution in [2.24, 2.45) is 0 Å². The lowest BCUT2D eigenvalue weighted by atomic mass is 9.91. The molecule has 1 N–H and O–H groups in total. The summed E-state index contributed by atoms with van der Waals surface area (Å²) in [6.45, 7) is 3.10. The highest BCUT2D eigenvalue weighted by Crippen LogP contribution is 2.36. The minimum absolute atomic E-state index is 0.0548. The minimum atomic E-state index is 0.0548. The van der Waals surface area contributed by atoms with Gasteiger partial charge in [-0.05, 0) is 23.1 Å². The van der Waals surface area contributed by atoms with Gasteiger partial charge in [0.05, 0.1) is 13.2 Å². The Morgan fingerprint density at radius 1 is 1.53 bits per heavy atom. The number of phenolic OH excluding ortho intramolecular Hbond substituents is 1. The maximum absolute atomic E-state index is 10.5. The second-order valence-electron chi connectivity index (χ2n) is 3.93. The SMILES string of the molecule is CC(CC=O)c1c(O)ccc2c1COC2. The minimum Gasteiger partial charge on any atom is -0.508 e. The number of carbonyl (C=O) groups is 1. The third-order valence-corrected chi connectivity index (χ3v) is 2.88. The summed E-state index contributed by atoms with van der Waals surface area (Å²) in [6, 6.07) is 3.57. The molecule has 1 unspecified atom stereocenters. The summed E-state index contributed by atoms with van der Waals surface area (Å²) >= 11 is 0. The molecule has 0 aromatic heterocycles. The first-order valence-corrected chi connectivity index (χ1v) is 5.09. The summed E-state index contributed by atoms with van der Waals surface area (Å²) in [6.07, 6.45) is 1.32. The van der Waals surface area contributed by atoms with Crippen molar-refractivity contribution in [1.29, 1.82) is 0 Å². The molecule has 80 valence electrons. The van der Waals surface area contributed by atoms with Crippen LogP contribution >= 0.6 is 0 Å². The van der Waals surface area contributed by atoms with Gasteiger partial charge in [0.25, 0.3) is 0 Å². The third-order valence-electron chi connectivity index (χ3n) is 2.88. The molecule has 3 heteroatoms. The van der Waals surface area contributed by atoms with Gasteiger partial charge in [-0.15, -0.1) is 0 Å². The van der Waals surface area contributed by atoms with Gasteiger partial charge >= 0.3 is 0 Å². The Hall–Kier alpha value is -1.35. The van der Waals surface area contributed by atoms with Crippen molar-refractivity contribution >= 4 is 6.29 Å². The lowest BCUT2D eigenvalue weighted by molar-refractivity contribution is -0.108. The molecular weight excluding hydrogens is 192 g/mol. The number of aldehydes is 1. The predicted molar refractivity (Wildman–Crippen MR) is 55.7 cm³/mol. The quantitative estimate of drug-likeness (QED) is 0.770. The fraction of sp³-hybridized carbons (Fsp3) is 0.417. The second kappa shape index (κ2) is 4.03. The molecule has 0 bridgehead atoms. The van der Waals surface area contributed by atoms with Crippen LogP contribution in [0.1, 0.15) is 36.0 Å². The van der Waals surface area contributed by atoms with Crippen LogP contribution in [-0.2, 0) is 22.7 Å². The lowest BCUT2D eigenvalue weighted by Gasteiger charge is -2.14. The zero-order valence-corrected chi connectivity index (χ0v) is 8.69. The molecule has 0 radical (unpaired) electrons. The Kier molecular flexibility index (Phi) is 2.73. The molecule has 1 heterocycles. The highest BCUT2D eigenvalue weighted by Gasteiger charge is 2.21. The molecule has 15 heavy (non-hydrogen) atoms. The number of benzene rings is 1. The first-order chi connectivity index (χ1) is 7.24. The molecule has 1 aromatic carbocycles. The molecule has 3 nitrogen and oxygen atoms in total. The number of rotatable bonds is 3. The van der Waals surface area contributed by atoms with Crippen LogP contribution in [0.3, 0.4) is 0 Å². The number of fused-ring (bicyclic) bond motifs is 1. The van der Waals surface area contributed by atoms with E-state index in [1.165, 1.54) is 0 Å². The zero-order valence-electron chi connectivity index (χ0n) is 8.69. The van der Waals surface area contributed by atoms with Crippen molar-refractivity contribution in [1.82, 2.24) is 0 Å². The Labute approximate surface area is 88.7 Å². The van der Waals surface area contributed by atoms with E-state index >= 15 is 0 Å². The molecule has 1 atom stereocenters. The molecule has 0 spiro atoms. The number of ether oxygens (including phenoxy) is 1. The van der Waals surface area contributed by atoms with Crippen molar-refractivity contribution in [2.75, 3.05) is 0 Å². The smallest absolute Gasteiger partial charge is 0.120 e. The van der Waals surface area contributed by atoms with E-state index in [2.05, 4.69) is 0 Å². The fourth-order valence-electron chi connectivity index (χ4n) is 2.08. The number of carbonyl (C=O) groups excluding carboxylic acids is 1. The van der Waals surface area contributed by atoms with Crippen LogP contribution in [0.15, 0.2) is 12.1 Å². The molecule has 1 aliphatic heterocycles. The Morgan fingerprint density at radius 2 is 2.33 bits per heavy atom. The molecule has 1 aromatic rings. The van der Waals surface area contributed by atoms with Crippen molar-refractivity contribution in [3.05, 3.63) is 28.8 Å². The van der Waals surface area contributed by atoms with Gasteiger partial charge in [0.2, 0.25) is 0 Å². The van der Waals surface area contributed by atoms with E-state index in [0.717, 1.165) is 23.0 Å². The van der Waals surface area contributed by atoms with Crippen molar-refractivity contribution in [3.63, 3.8) is 0 Å². The Morgan fingerprint density at radius 3 is 3.07 bits per heavy atom. The zero-order chi connectivity index (χ0) is 10.8. The molecule has 0 amide bonds. The van der Waals surface area contributed by atoms with E-state index in [9.17, 15) is 9.90 Å². The summed E-state index contributed by atoms with van der Waals surface area (Å²) in [5.41, 5.74) is 3.06. The normalized spacial score (nSPS) is 16.1. The lowest BCUT2D eigenvalue weighted by Crippen LogP contribution is -2.00. The topological polar surface area (TPSA) is 46.5 Å². The molecule has 0 saturated heterocycles. The van der Waals surface area contributed by atoms with Gasteiger partial charge in [0, 0.05) is 12.0 Å². The van der Waals surface area contributed by atoms with E-state index in [1.807, 2.05) is 13.0 Å². The standard InChI is InChI=1S/C12H14O3/c1-8(4-5-13)12-10-7-15-6-9(10)2-3-11(12)14/h2-3,5,8,14H,4,6-7H2,1H3. The summed E-state index contributed by atoms with van der Waals surface area (Å²) < 4.78 is 5.34. The van der Waals surface area contributed by atoms with Crippen molar-refractivity contribution in [3.8, 4) is 5.75 Å². The van der Waals surface area contributed by atoms with Crippen LogP contribution in [0.2, 0.25) is 0 Å². The van der Waals surface area contributed by atoms with E-state index in [4.69, 9.17) is 4.74 Å². The van der Waals surface area contributed by atoms with Crippen LogP contribution in [0.5, 0.6) is 5.75 Å². The van der Waals surface area contributed by atoms with E-state index in [-0.39, 0.29) is 11.7 Å². The maximum atomic E-state index is 10.5. The van der Waals surface area contributed by atoms with Crippen LogP contribution in [0, 0.1) is 0 Å². The Bertz CT molecular complexity index is 385. The summed E-state index contributed by atoms with van der Waals surface area (Å²) in [4.78, 5) is 10.5. The molecular formula is C12H14O3. The average molecular weight is 206 g/mol. The second-order valence-corrected chi connectivity index (χ2v) is 3.93. The van der Waals surface area contributed by atoms with Gasteiger partial charge in [-0.3, -0.25) is 0 Å². The third kappa shape index (κ3) is 1.75. The van der Waals surface area contributed by atoms with Gasteiger partial charge in [-0.25, -0.2) is 0 Å². The molecule has 0 fully saturated rings. The number of aromatic hydroxyl groups is 1. The van der Waals surface area contributed by atoms with Crippen LogP contribution in [0.4, 0.5) is 0 Å². The predicted octanol–water partition coefficient (Wildman–Crippen LogP) is 2.11. The monoisotopic (exact) mass is 206 g/mol. The first-order valence-electron chi connectivity index (χ1n) is 5.09. The summed E-state index contributed by atoms with van der Waals surface area (Å²) in [5.74, 6) is 0.327. The number of hydrogen-bond donors (Lipinski definition) is 1. The van der Waals surface area contributed by atoms with Gasteiger partial charge in [-0.1, -0.05) is 13.0 Å². The molecule has 0 aliphatic carbocycles. The maximum Gasteiger partial charge on any atom is 0.120 e. The van der Waals surface area contributed by atoms with Crippen LogP contribution < -0.4 is 0 Å². The fourth-order valence-corrected chi connectivity index (χ4v) is 2.08. The summed E-state index contributed by atoms with van der Waals surface area (Å²) in [7, 11) is 0. The highest BCUT2D eigenvalue weighted by molar-refractivity contribution is 5.55. The van der Waals surface area contributed by atoms with Crippen molar-refractivity contribution in [2.45, 2.75) is 32.5 Å². The van der Waals surface area contributed by atoms with Crippen LogP contribution in [-0.4, -0.2) is 11.4 Å². The molecule has 1 aliphatic rings. The van der Waals surface area contributed by atoms with Gasteiger partial charge < -0.3 is 14.6 Å². The average Bonchev–Trinajstić information content (AvgIpc) is 2.65. The van der Waals surface area contributed by atoms with E-state index in [1.54, 1.807) is 6.07 Å². The van der Waals surface area contributed by atoms with Crippen LogP contribution in [0.25, 0.3) is 0 Å². The van der Waals surface area contributed by atoms with Gasteiger partial charge in [0.15, 0.2) is 0 Å². The largest absolute Gasteiger partial charge is 0.508 e. The van der Waals surface area contributed by atoms with Gasteiger partial charge in [-0.2, -0.15) is 0 Å². The van der Waals surface area contributed by atoms with Gasteiger partial charge in [0.1, 0.15) is 12.0 Å². The van der Waals surface area contributed by atoms with E-state index in [0.29, 0.717) is 19.6 Å². The first kappa shape index (κ1) is 10.2. The summed E-state index contributed by atoms with van der Waals surface area (Å²) in [5, 5.41) is 9.80. The molecule has 2 rings (SSSR count). The number of phenols is 1. The van der Waals surface area contributed by atoms with Crippen molar-refractivity contribution < 1.29 is 14.6 Å².